The van der Waals surface area contributed by atoms with Crippen molar-refractivity contribution in [2.75, 3.05) is 11.9 Å². The summed E-state index contributed by atoms with van der Waals surface area (Å²) in [6.45, 7) is 4.12. The van der Waals surface area contributed by atoms with Gasteiger partial charge < -0.3 is 10.2 Å². The van der Waals surface area contributed by atoms with E-state index < -0.39 is 0 Å². The number of nitrogens with one attached hydrogen (secondary N) is 1. The molecule has 0 saturated heterocycles. The highest BCUT2D eigenvalue weighted by Gasteiger charge is 2.21. The number of aryl methyl sites for hydroxylation is 1. The van der Waals surface area contributed by atoms with Crippen molar-refractivity contribution < 1.29 is 0 Å². The molecule has 0 radical (unpaired) electrons. The number of thiazole rings is 1. The lowest BCUT2D eigenvalue weighted by Crippen LogP contribution is -2.15. The van der Waals surface area contributed by atoms with Crippen LogP contribution >= 0.6 is 22.7 Å². The number of anilines is 1. The van der Waals surface area contributed by atoms with Crippen LogP contribution in [0.5, 0.6) is 0 Å². The van der Waals surface area contributed by atoms with Crippen LogP contribution < -0.4 is 10.2 Å². The van der Waals surface area contributed by atoms with Crippen LogP contribution in [0.15, 0.2) is 16.8 Å². The molecule has 1 saturated carbocycles. The normalized spacial score (nSPS) is 14.7. The highest BCUT2D eigenvalue weighted by molar-refractivity contribution is 7.15. The van der Waals surface area contributed by atoms with Crippen LogP contribution in [-0.4, -0.2) is 18.1 Å². The Balaban J connectivity index is 1.68. The van der Waals surface area contributed by atoms with Gasteiger partial charge in [0.15, 0.2) is 5.13 Å². The second-order valence-corrected chi connectivity index (χ2v) is 7.20. The van der Waals surface area contributed by atoms with Crippen molar-refractivity contribution >= 4 is 27.8 Å². The third kappa shape index (κ3) is 3.40. The van der Waals surface area contributed by atoms with Crippen LogP contribution in [0.3, 0.4) is 0 Å². The maximum absolute atomic E-state index is 4.82. The number of aromatic nitrogens is 1. The van der Waals surface area contributed by atoms with Crippen molar-refractivity contribution in [2.24, 2.45) is 0 Å². The van der Waals surface area contributed by atoms with Gasteiger partial charge in [0.05, 0.1) is 5.69 Å². The van der Waals surface area contributed by atoms with E-state index in [1.54, 1.807) is 11.3 Å². The van der Waals surface area contributed by atoms with Gasteiger partial charge >= 0.3 is 0 Å². The Morgan fingerprint density at radius 3 is 2.95 bits per heavy atom. The van der Waals surface area contributed by atoms with Gasteiger partial charge in [-0.25, -0.2) is 4.98 Å². The molecule has 1 aliphatic carbocycles. The standard InChI is InChI=1S/C15H21N3S2/c1-3-13-14(8-16-12-4-5-12)20-15(17-13)18(2)9-11-6-7-19-10-11/h6-7,10,12,16H,3-5,8-9H2,1-2H3. The Kier molecular flexibility index (Phi) is 4.38. The van der Waals surface area contributed by atoms with Gasteiger partial charge in [-0.3, -0.25) is 0 Å². The van der Waals surface area contributed by atoms with Gasteiger partial charge in [0, 0.05) is 31.1 Å². The summed E-state index contributed by atoms with van der Waals surface area (Å²) < 4.78 is 0. The molecule has 0 aromatic carbocycles. The largest absolute Gasteiger partial charge is 0.347 e. The topological polar surface area (TPSA) is 28.2 Å². The molecule has 0 aliphatic heterocycles. The molecule has 1 aliphatic rings. The van der Waals surface area contributed by atoms with Crippen LogP contribution in [-0.2, 0) is 19.5 Å². The minimum absolute atomic E-state index is 0.758. The van der Waals surface area contributed by atoms with Gasteiger partial charge in [-0.2, -0.15) is 11.3 Å². The summed E-state index contributed by atoms with van der Waals surface area (Å²) in [5, 5.41) is 9.08. The van der Waals surface area contributed by atoms with Gasteiger partial charge in [0.2, 0.25) is 0 Å². The number of rotatable bonds is 7. The summed E-state index contributed by atoms with van der Waals surface area (Å²) in [4.78, 5) is 8.48. The van der Waals surface area contributed by atoms with Crippen LogP contribution in [0.2, 0.25) is 0 Å². The number of hydrogen-bond acceptors (Lipinski definition) is 5. The maximum atomic E-state index is 4.82. The summed E-state index contributed by atoms with van der Waals surface area (Å²) in [5.74, 6) is 0. The van der Waals surface area contributed by atoms with Crippen molar-refractivity contribution in [1.29, 1.82) is 0 Å². The first-order valence-electron chi connectivity index (χ1n) is 7.20. The second kappa shape index (κ2) is 6.24. The smallest absolute Gasteiger partial charge is 0.185 e. The van der Waals surface area contributed by atoms with Crippen molar-refractivity contribution in [3.8, 4) is 0 Å². The van der Waals surface area contributed by atoms with E-state index in [0.717, 1.165) is 30.7 Å². The van der Waals surface area contributed by atoms with E-state index in [2.05, 4.69) is 41.0 Å². The second-order valence-electron chi connectivity index (χ2n) is 5.36. The summed E-state index contributed by atoms with van der Waals surface area (Å²) in [7, 11) is 2.13. The van der Waals surface area contributed by atoms with Crippen LogP contribution in [0.1, 0.15) is 35.9 Å². The lowest BCUT2D eigenvalue weighted by molar-refractivity contribution is 0.689. The number of thiophene rings is 1. The highest BCUT2D eigenvalue weighted by Crippen LogP contribution is 2.28. The Hall–Kier alpha value is -0.910. The van der Waals surface area contributed by atoms with Crippen LogP contribution in [0.4, 0.5) is 5.13 Å². The molecule has 1 N–H and O–H groups in total. The zero-order valence-electron chi connectivity index (χ0n) is 12.1. The molecular weight excluding hydrogens is 286 g/mol. The number of nitrogens with zero attached hydrogens (tertiary/aromatic N) is 2. The third-order valence-corrected chi connectivity index (χ3v) is 5.50. The molecule has 108 valence electrons. The average molecular weight is 307 g/mol. The van der Waals surface area contributed by atoms with Crippen LogP contribution in [0.25, 0.3) is 0 Å². The average Bonchev–Trinajstić information content (AvgIpc) is 2.98. The van der Waals surface area contributed by atoms with Crippen molar-refractivity contribution in [3.63, 3.8) is 0 Å². The van der Waals surface area contributed by atoms with Gasteiger partial charge in [-0.05, 0) is 41.7 Å². The highest BCUT2D eigenvalue weighted by atomic mass is 32.1. The van der Waals surface area contributed by atoms with E-state index >= 15 is 0 Å². The molecule has 0 amide bonds. The van der Waals surface area contributed by atoms with E-state index in [9.17, 15) is 0 Å². The van der Waals surface area contributed by atoms with Crippen molar-refractivity contribution in [2.45, 2.75) is 45.3 Å². The first-order valence-corrected chi connectivity index (χ1v) is 8.96. The SMILES string of the molecule is CCc1nc(N(C)Cc2ccsc2)sc1CNC1CC1. The zero-order valence-corrected chi connectivity index (χ0v) is 13.7. The Morgan fingerprint density at radius 2 is 2.30 bits per heavy atom. The Morgan fingerprint density at radius 1 is 1.45 bits per heavy atom. The van der Waals surface area contributed by atoms with Gasteiger partial charge in [-0.1, -0.05) is 6.92 Å². The molecular formula is C15H21N3S2. The Labute approximate surface area is 128 Å². The monoisotopic (exact) mass is 307 g/mol. The lowest BCUT2D eigenvalue weighted by atomic mass is 10.3. The fraction of sp³-hybridized carbons (Fsp3) is 0.533. The third-order valence-electron chi connectivity index (χ3n) is 3.56. The molecule has 0 bridgehead atoms. The minimum Gasteiger partial charge on any atom is -0.347 e. The van der Waals surface area contributed by atoms with E-state index in [0.29, 0.717) is 0 Å². The van der Waals surface area contributed by atoms with E-state index in [1.165, 1.54) is 29.0 Å². The molecule has 0 spiro atoms. The molecule has 2 heterocycles. The minimum atomic E-state index is 0.758. The first kappa shape index (κ1) is 14.0. The predicted octanol–water partition coefficient (Wildman–Crippen LogP) is 3.66. The fourth-order valence-electron chi connectivity index (χ4n) is 2.20. The summed E-state index contributed by atoms with van der Waals surface area (Å²) >= 11 is 3.59. The molecule has 0 atom stereocenters. The molecule has 2 aromatic rings. The van der Waals surface area contributed by atoms with E-state index in [-0.39, 0.29) is 0 Å². The Bertz CT molecular complexity index is 543. The van der Waals surface area contributed by atoms with Crippen molar-refractivity contribution in [3.05, 3.63) is 33.0 Å². The summed E-state index contributed by atoms with van der Waals surface area (Å²) in [6.07, 6.45) is 3.70. The van der Waals surface area contributed by atoms with Crippen LogP contribution in [0, 0.1) is 0 Å². The molecule has 2 aromatic heterocycles. The predicted molar refractivity (Wildman–Crippen MR) is 87.8 cm³/mol. The van der Waals surface area contributed by atoms with Gasteiger partial charge in [-0.15, -0.1) is 11.3 Å². The molecule has 3 nitrogen and oxygen atoms in total. The molecule has 20 heavy (non-hydrogen) atoms. The zero-order chi connectivity index (χ0) is 13.9. The molecule has 1 fully saturated rings. The summed E-state index contributed by atoms with van der Waals surface area (Å²) in [6, 6.07) is 2.94. The molecule has 0 unspecified atom stereocenters. The fourth-order valence-corrected chi connectivity index (χ4v) is 3.92. The van der Waals surface area contributed by atoms with Gasteiger partial charge in [0.25, 0.3) is 0 Å². The molecule has 5 heteroatoms. The summed E-state index contributed by atoms with van der Waals surface area (Å²) in [5.41, 5.74) is 2.62. The van der Waals surface area contributed by atoms with Crippen molar-refractivity contribution in [1.82, 2.24) is 10.3 Å². The van der Waals surface area contributed by atoms with E-state index in [4.69, 9.17) is 4.98 Å². The van der Waals surface area contributed by atoms with Gasteiger partial charge in [0.1, 0.15) is 0 Å². The lowest BCUT2D eigenvalue weighted by Gasteiger charge is -2.14. The quantitative estimate of drug-likeness (QED) is 0.846. The number of hydrogen-bond donors (Lipinski definition) is 1. The maximum Gasteiger partial charge on any atom is 0.185 e. The van der Waals surface area contributed by atoms with E-state index in [1.807, 2.05) is 11.3 Å². The first-order chi connectivity index (χ1) is 9.76. The molecule has 3 rings (SSSR count).